The molecule has 0 unspecified atom stereocenters. The molecule has 5 rings (SSSR count). The molecule has 0 aliphatic heterocycles. The van der Waals surface area contributed by atoms with Crippen molar-refractivity contribution in [3.05, 3.63) is 67.0 Å². The van der Waals surface area contributed by atoms with Crippen molar-refractivity contribution in [2.75, 3.05) is 5.32 Å². The van der Waals surface area contributed by atoms with E-state index in [0.29, 0.717) is 11.4 Å². The number of hydrogen-bond donors (Lipinski definition) is 4. The number of hydrogen-bond acceptors (Lipinski definition) is 3. The highest BCUT2D eigenvalue weighted by atomic mass is 16.1. The molecule has 0 saturated carbocycles. The summed E-state index contributed by atoms with van der Waals surface area (Å²) >= 11 is 0. The summed E-state index contributed by atoms with van der Waals surface area (Å²) < 4.78 is 0. The van der Waals surface area contributed by atoms with Crippen molar-refractivity contribution in [3.8, 4) is 11.1 Å². The van der Waals surface area contributed by atoms with Gasteiger partial charge in [-0.3, -0.25) is 9.89 Å². The molecule has 126 valence electrons. The zero-order chi connectivity index (χ0) is 17.5. The molecule has 1 amide bonds. The number of carbonyl (C=O) groups excluding carboxylic acids is 1. The van der Waals surface area contributed by atoms with Crippen molar-refractivity contribution in [1.82, 2.24) is 25.1 Å². The van der Waals surface area contributed by atoms with E-state index >= 15 is 0 Å². The van der Waals surface area contributed by atoms with Gasteiger partial charge in [0, 0.05) is 28.7 Å². The Balaban J connectivity index is 1.66. The van der Waals surface area contributed by atoms with E-state index in [-0.39, 0.29) is 5.91 Å². The number of benzene rings is 2. The first-order valence-corrected chi connectivity index (χ1v) is 8.13. The highest BCUT2D eigenvalue weighted by molar-refractivity contribution is 6.09. The number of H-pyrrole nitrogens is 3. The Morgan fingerprint density at radius 2 is 2.04 bits per heavy atom. The Bertz CT molecular complexity index is 1230. The maximum Gasteiger partial charge on any atom is 0.275 e. The smallest absolute Gasteiger partial charge is 0.275 e. The minimum atomic E-state index is -0.272. The number of rotatable bonds is 3. The largest absolute Gasteiger partial charge is 0.361 e. The van der Waals surface area contributed by atoms with Gasteiger partial charge in [0.05, 0.1) is 23.7 Å². The molecule has 5 aromatic rings. The molecule has 0 atom stereocenters. The van der Waals surface area contributed by atoms with Crippen molar-refractivity contribution < 1.29 is 4.79 Å². The average molecular weight is 342 g/mol. The fourth-order valence-corrected chi connectivity index (χ4v) is 3.22. The van der Waals surface area contributed by atoms with Gasteiger partial charge in [0.1, 0.15) is 5.69 Å². The third-order valence-corrected chi connectivity index (χ3v) is 4.44. The lowest BCUT2D eigenvalue weighted by Crippen LogP contribution is -2.12. The number of anilines is 1. The lowest BCUT2D eigenvalue weighted by molar-refractivity contribution is 0.102. The van der Waals surface area contributed by atoms with Gasteiger partial charge >= 0.3 is 0 Å². The van der Waals surface area contributed by atoms with Gasteiger partial charge in [0.25, 0.3) is 5.91 Å². The van der Waals surface area contributed by atoms with Gasteiger partial charge in [-0.1, -0.05) is 12.1 Å². The standard InChI is InChI=1S/C19H14N6O/c26-19(18-9-20-10-22-18)24-16-6-11(7-17-14(16)8-23-25-17)12-2-1-3-15-13(12)4-5-21-15/h1-10,21H,(H,20,22)(H,23,25)(H,24,26). The van der Waals surface area contributed by atoms with Crippen LogP contribution in [0.2, 0.25) is 0 Å². The van der Waals surface area contributed by atoms with Crippen LogP contribution in [0.15, 0.2) is 61.3 Å². The number of aromatic nitrogens is 5. The first-order chi connectivity index (χ1) is 12.8. The van der Waals surface area contributed by atoms with E-state index < -0.39 is 0 Å². The number of imidazole rings is 1. The van der Waals surface area contributed by atoms with Crippen molar-refractivity contribution in [2.24, 2.45) is 0 Å². The SMILES string of the molecule is O=C(Nc1cc(-c2cccc3[nH]ccc23)cc2[nH]ncc12)c1c[nH]cn1. The number of fused-ring (bicyclic) bond motifs is 2. The number of nitrogens with one attached hydrogen (secondary N) is 4. The third-order valence-electron chi connectivity index (χ3n) is 4.44. The minimum Gasteiger partial charge on any atom is -0.361 e. The van der Waals surface area contributed by atoms with Crippen LogP contribution in [-0.2, 0) is 0 Å². The van der Waals surface area contributed by atoms with E-state index in [4.69, 9.17) is 0 Å². The first kappa shape index (κ1) is 14.5. The lowest BCUT2D eigenvalue weighted by Gasteiger charge is -2.10. The molecular formula is C19H14N6O. The Morgan fingerprint density at radius 1 is 1.08 bits per heavy atom. The van der Waals surface area contributed by atoms with E-state index in [2.05, 4.69) is 36.5 Å². The molecule has 7 heteroatoms. The quantitative estimate of drug-likeness (QED) is 0.402. The summed E-state index contributed by atoms with van der Waals surface area (Å²) in [6.07, 6.45) is 6.66. The number of aromatic amines is 3. The van der Waals surface area contributed by atoms with Gasteiger partial charge in [-0.05, 0) is 35.4 Å². The molecule has 0 saturated heterocycles. The van der Waals surface area contributed by atoms with Crippen LogP contribution in [0, 0.1) is 0 Å². The van der Waals surface area contributed by atoms with Crippen LogP contribution in [0.1, 0.15) is 10.5 Å². The summed E-state index contributed by atoms with van der Waals surface area (Å²) in [6, 6.07) is 12.1. The Labute approximate surface area is 147 Å². The van der Waals surface area contributed by atoms with E-state index in [9.17, 15) is 4.79 Å². The predicted octanol–water partition coefficient (Wildman–Crippen LogP) is 3.69. The van der Waals surface area contributed by atoms with Gasteiger partial charge in [0.2, 0.25) is 0 Å². The molecule has 0 aliphatic rings. The maximum absolute atomic E-state index is 12.4. The number of carbonyl (C=O) groups is 1. The average Bonchev–Trinajstić information content (AvgIpc) is 3.40. The summed E-state index contributed by atoms with van der Waals surface area (Å²) in [5.41, 5.74) is 5.01. The molecule has 3 heterocycles. The molecule has 2 aromatic carbocycles. The fraction of sp³-hybridized carbons (Fsp3) is 0. The lowest BCUT2D eigenvalue weighted by atomic mass is 9.99. The Morgan fingerprint density at radius 3 is 2.92 bits per heavy atom. The highest BCUT2D eigenvalue weighted by Gasteiger charge is 2.14. The van der Waals surface area contributed by atoms with E-state index in [0.717, 1.165) is 32.9 Å². The molecular weight excluding hydrogens is 328 g/mol. The summed E-state index contributed by atoms with van der Waals surface area (Å²) in [7, 11) is 0. The summed E-state index contributed by atoms with van der Waals surface area (Å²) in [4.78, 5) is 22.4. The second-order valence-electron chi connectivity index (χ2n) is 6.01. The van der Waals surface area contributed by atoms with Crippen molar-refractivity contribution in [3.63, 3.8) is 0 Å². The second kappa shape index (κ2) is 5.59. The molecule has 7 nitrogen and oxygen atoms in total. The Kier molecular flexibility index (Phi) is 3.11. The van der Waals surface area contributed by atoms with Crippen molar-refractivity contribution in [1.29, 1.82) is 0 Å². The third kappa shape index (κ3) is 2.26. The molecule has 0 aliphatic carbocycles. The van der Waals surface area contributed by atoms with Gasteiger partial charge in [0.15, 0.2) is 0 Å². The van der Waals surface area contributed by atoms with Crippen LogP contribution in [-0.4, -0.2) is 31.1 Å². The zero-order valence-electron chi connectivity index (χ0n) is 13.6. The van der Waals surface area contributed by atoms with Gasteiger partial charge in [-0.25, -0.2) is 4.98 Å². The topological polar surface area (TPSA) is 102 Å². The van der Waals surface area contributed by atoms with Gasteiger partial charge in [-0.2, -0.15) is 5.10 Å². The molecule has 3 aromatic heterocycles. The van der Waals surface area contributed by atoms with E-state index in [1.54, 1.807) is 12.4 Å². The fourth-order valence-electron chi connectivity index (χ4n) is 3.22. The van der Waals surface area contributed by atoms with Crippen LogP contribution in [0.5, 0.6) is 0 Å². The Hall–Kier alpha value is -3.87. The normalized spacial score (nSPS) is 11.2. The minimum absolute atomic E-state index is 0.272. The van der Waals surface area contributed by atoms with Crippen LogP contribution in [0.25, 0.3) is 32.9 Å². The van der Waals surface area contributed by atoms with Crippen LogP contribution in [0.4, 0.5) is 5.69 Å². The summed E-state index contributed by atoms with van der Waals surface area (Å²) in [5.74, 6) is -0.272. The van der Waals surface area contributed by atoms with Gasteiger partial charge < -0.3 is 15.3 Å². The van der Waals surface area contributed by atoms with Gasteiger partial charge in [-0.15, -0.1) is 0 Å². The molecule has 0 radical (unpaired) electrons. The van der Waals surface area contributed by atoms with Crippen LogP contribution < -0.4 is 5.32 Å². The molecule has 0 spiro atoms. The molecule has 0 bridgehead atoms. The van der Waals surface area contributed by atoms with Crippen molar-refractivity contribution >= 4 is 33.4 Å². The monoisotopic (exact) mass is 342 g/mol. The van der Waals surface area contributed by atoms with Crippen LogP contribution >= 0.6 is 0 Å². The summed E-state index contributed by atoms with van der Waals surface area (Å²) in [5, 5.41) is 12.0. The van der Waals surface area contributed by atoms with Crippen LogP contribution in [0.3, 0.4) is 0 Å². The number of nitrogens with zero attached hydrogens (tertiary/aromatic N) is 2. The zero-order valence-corrected chi connectivity index (χ0v) is 13.6. The number of amides is 1. The molecule has 0 fully saturated rings. The van der Waals surface area contributed by atoms with Crippen molar-refractivity contribution in [2.45, 2.75) is 0 Å². The highest BCUT2D eigenvalue weighted by Crippen LogP contribution is 2.34. The summed E-state index contributed by atoms with van der Waals surface area (Å²) in [6.45, 7) is 0. The molecule has 4 N–H and O–H groups in total. The predicted molar refractivity (Wildman–Crippen MR) is 99.9 cm³/mol. The van der Waals surface area contributed by atoms with E-state index in [1.807, 2.05) is 36.5 Å². The maximum atomic E-state index is 12.4. The van der Waals surface area contributed by atoms with E-state index in [1.165, 1.54) is 6.33 Å². The molecule has 26 heavy (non-hydrogen) atoms. The first-order valence-electron chi connectivity index (χ1n) is 8.13. The second-order valence-corrected chi connectivity index (χ2v) is 6.01.